The molecule has 1 atom stereocenters. The Bertz CT molecular complexity index is 624. The molecule has 19 heavy (non-hydrogen) atoms. The zero-order valence-corrected chi connectivity index (χ0v) is 10.7. The Kier molecular flexibility index (Phi) is 2.81. The molecule has 1 N–H and O–H groups in total. The zero-order chi connectivity index (χ0) is 13.4. The van der Waals surface area contributed by atoms with Crippen molar-refractivity contribution in [3.05, 3.63) is 18.1 Å². The molecule has 0 radical (unpaired) electrons. The van der Waals surface area contributed by atoms with Gasteiger partial charge in [-0.05, 0) is 19.8 Å². The number of aliphatic carboxylic acids is 1. The molecule has 1 saturated heterocycles. The van der Waals surface area contributed by atoms with Crippen molar-refractivity contribution in [3.63, 3.8) is 0 Å². The van der Waals surface area contributed by atoms with Crippen LogP contribution in [-0.4, -0.2) is 44.0 Å². The molecule has 0 aliphatic carbocycles. The van der Waals surface area contributed by atoms with Crippen LogP contribution >= 0.6 is 0 Å². The normalized spacial score (nSPS) is 19.8. The van der Waals surface area contributed by atoms with Gasteiger partial charge in [-0.2, -0.15) is 0 Å². The van der Waals surface area contributed by atoms with Gasteiger partial charge in [-0.1, -0.05) is 5.21 Å². The summed E-state index contributed by atoms with van der Waals surface area (Å²) in [5.41, 5.74) is 1.65. The molecule has 0 amide bonds. The van der Waals surface area contributed by atoms with Crippen molar-refractivity contribution in [2.75, 3.05) is 18.0 Å². The highest BCUT2D eigenvalue weighted by molar-refractivity contribution is 5.73. The second-order valence-electron chi connectivity index (χ2n) is 4.89. The van der Waals surface area contributed by atoms with E-state index >= 15 is 0 Å². The first-order valence-corrected chi connectivity index (χ1v) is 6.30. The summed E-state index contributed by atoms with van der Waals surface area (Å²) in [5, 5.41) is 17.0. The van der Waals surface area contributed by atoms with E-state index in [1.165, 1.54) is 0 Å². The molecule has 3 heterocycles. The zero-order valence-electron chi connectivity index (χ0n) is 10.7. The molecule has 100 valence electrons. The van der Waals surface area contributed by atoms with Crippen LogP contribution in [0.3, 0.4) is 0 Å². The van der Waals surface area contributed by atoms with Crippen molar-refractivity contribution >= 4 is 17.3 Å². The van der Waals surface area contributed by atoms with Gasteiger partial charge in [0.15, 0.2) is 5.82 Å². The van der Waals surface area contributed by atoms with Crippen LogP contribution < -0.4 is 4.90 Å². The number of carboxylic acids is 1. The number of hydrogen-bond donors (Lipinski definition) is 1. The van der Waals surface area contributed by atoms with Crippen molar-refractivity contribution in [2.45, 2.75) is 19.8 Å². The monoisotopic (exact) mass is 261 g/mol. The lowest BCUT2D eigenvalue weighted by atomic mass is 9.98. The SMILES string of the molecule is Cc1cn2nncc2c(N2CCCC(C(=O)O)C2)n1. The van der Waals surface area contributed by atoms with E-state index in [0.29, 0.717) is 6.54 Å². The van der Waals surface area contributed by atoms with Crippen LogP contribution in [0.4, 0.5) is 5.82 Å². The summed E-state index contributed by atoms with van der Waals surface area (Å²) >= 11 is 0. The molecule has 1 fully saturated rings. The van der Waals surface area contributed by atoms with Crippen molar-refractivity contribution in [1.82, 2.24) is 19.8 Å². The molecule has 0 aromatic carbocycles. The third kappa shape index (κ3) is 2.11. The Morgan fingerprint density at radius 2 is 2.37 bits per heavy atom. The summed E-state index contributed by atoms with van der Waals surface area (Å²) < 4.78 is 1.68. The quantitative estimate of drug-likeness (QED) is 0.858. The van der Waals surface area contributed by atoms with Crippen LogP contribution in [0.2, 0.25) is 0 Å². The van der Waals surface area contributed by atoms with E-state index in [1.54, 1.807) is 10.7 Å². The number of aromatic nitrogens is 4. The number of rotatable bonds is 2. The topological polar surface area (TPSA) is 83.6 Å². The van der Waals surface area contributed by atoms with Crippen LogP contribution in [0.1, 0.15) is 18.5 Å². The highest BCUT2D eigenvalue weighted by atomic mass is 16.4. The molecule has 0 bridgehead atoms. The number of hydrogen-bond acceptors (Lipinski definition) is 5. The summed E-state index contributed by atoms with van der Waals surface area (Å²) in [6, 6.07) is 0. The number of aryl methyl sites for hydroxylation is 1. The minimum atomic E-state index is -0.736. The average molecular weight is 261 g/mol. The average Bonchev–Trinajstić information content (AvgIpc) is 2.85. The van der Waals surface area contributed by atoms with E-state index in [9.17, 15) is 4.79 Å². The summed E-state index contributed by atoms with van der Waals surface area (Å²) in [6.07, 6.45) is 5.06. The van der Waals surface area contributed by atoms with E-state index in [0.717, 1.165) is 36.4 Å². The number of piperidine rings is 1. The maximum absolute atomic E-state index is 11.1. The molecule has 1 unspecified atom stereocenters. The minimum Gasteiger partial charge on any atom is -0.481 e. The number of fused-ring (bicyclic) bond motifs is 1. The lowest BCUT2D eigenvalue weighted by molar-refractivity contribution is -0.141. The Hall–Kier alpha value is -2.18. The molecule has 0 saturated carbocycles. The molecule has 3 rings (SSSR count). The Morgan fingerprint density at radius 1 is 1.53 bits per heavy atom. The van der Waals surface area contributed by atoms with Crippen LogP contribution in [0.15, 0.2) is 12.4 Å². The van der Waals surface area contributed by atoms with E-state index < -0.39 is 5.97 Å². The number of carboxylic acid groups (broad SMARTS) is 1. The van der Waals surface area contributed by atoms with Gasteiger partial charge in [-0.15, -0.1) is 5.10 Å². The standard InChI is InChI=1S/C12H15N5O2/c1-8-6-17-10(5-13-15-17)11(14-8)16-4-2-3-9(7-16)12(18)19/h5-6,9H,2-4,7H2,1H3,(H,18,19). The molecule has 0 spiro atoms. The number of anilines is 1. The first kappa shape index (κ1) is 11.9. The second-order valence-corrected chi connectivity index (χ2v) is 4.89. The maximum Gasteiger partial charge on any atom is 0.308 e. The highest BCUT2D eigenvalue weighted by Crippen LogP contribution is 2.25. The van der Waals surface area contributed by atoms with Crippen LogP contribution in [0.25, 0.3) is 5.52 Å². The number of carbonyl (C=O) groups is 1. The van der Waals surface area contributed by atoms with Gasteiger partial charge >= 0.3 is 5.97 Å². The minimum absolute atomic E-state index is 0.327. The van der Waals surface area contributed by atoms with Crippen molar-refractivity contribution in [3.8, 4) is 0 Å². The largest absolute Gasteiger partial charge is 0.481 e. The molecular weight excluding hydrogens is 246 g/mol. The fraction of sp³-hybridized carbons (Fsp3) is 0.500. The second kappa shape index (κ2) is 4.49. The van der Waals surface area contributed by atoms with Crippen LogP contribution in [-0.2, 0) is 4.79 Å². The summed E-state index contributed by atoms with van der Waals surface area (Å²) in [4.78, 5) is 17.7. The number of nitrogens with zero attached hydrogens (tertiary/aromatic N) is 5. The van der Waals surface area contributed by atoms with Gasteiger partial charge in [-0.25, -0.2) is 9.50 Å². The fourth-order valence-electron chi connectivity index (χ4n) is 2.53. The molecule has 7 heteroatoms. The third-order valence-corrected chi connectivity index (χ3v) is 3.47. The van der Waals surface area contributed by atoms with Gasteiger partial charge in [0.2, 0.25) is 0 Å². The Morgan fingerprint density at radius 3 is 3.16 bits per heavy atom. The van der Waals surface area contributed by atoms with Gasteiger partial charge in [0.1, 0.15) is 5.52 Å². The maximum atomic E-state index is 11.1. The molecule has 1 aliphatic rings. The molecule has 2 aromatic rings. The summed E-state index contributed by atoms with van der Waals surface area (Å²) in [5.74, 6) is -0.289. The highest BCUT2D eigenvalue weighted by Gasteiger charge is 2.27. The lowest BCUT2D eigenvalue weighted by Crippen LogP contribution is -2.39. The summed E-state index contributed by atoms with van der Waals surface area (Å²) in [7, 11) is 0. The lowest BCUT2D eigenvalue weighted by Gasteiger charge is -2.31. The van der Waals surface area contributed by atoms with Gasteiger partial charge < -0.3 is 10.0 Å². The van der Waals surface area contributed by atoms with Crippen LogP contribution in [0.5, 0.6) is 0 Å². The predicted molar refractivity (Wildman–Crippen MR) is 68.1 cm³/mol. The van der Waals surface area contributed by atoms with Gasteiger partial charge in [0.25, 0.3) is 0 Å². The van der Waals surface area contributed by atoms with E-state index in [4.69, 9.17) is 5.11 Å². The van der Waals surface area contributed by atoms with Gasteiger partial charge in [0, 0.05) is 13.1 Å². The third-order valence-electron chi connectivity index (χ3n) is 3.47. The Balaban J connectivity index is 1.99. The Labute approximate surface area is 109 Å². The van der Waals surface area contributed by atoms with E-state index in [2.05, 4.69) is 15.3 Å². The van der Waals surface area contributed by atoms with Crippen LogP contribution in [0, 0.1) is 12.8 Å². The van der Waals surface area contributed by atoms with Gasteiger partial charge in [0.05, 0.1) is 24.0 Å². The molecular formula is C12H15N5O2. The smallest absolute Gasteiger partial charge is 0.308 e. The van der Waals surface area contributed by atoms with Crippen molar-refractivity contribution < 1.29 is 9.90 Å². The van der Waals surface area contributed by atoms with E-state index in [1.807, 2.05) is 18.0 Å². The van der Waals surface area contributed by atoms with E-state index in [-0.39, 0.29) is 5.92 Å². The van der Waals surface area contributed by atoms with Crippen molar-refractivity contribution in [2.24, 2.45) is 5.92 Å². The molecule has 2 aromatic heterocycles. The van der Waals surface area contributed by atoms with Gasteiger partial charge in [-0.3, -0.25) is 4.79 Å². The first-order valence-electron chi connectivity index (χ1n) is 6.30. The summed E-state index contributed by atoms with van der Waals surface area (Å²) in [6.45, 7) is 3.21. The van der Waals surface area contributed by atoms with Crippen molar-refractivity contribution in [1.29, 1.82) is 0 Å². The predicted octanol–water partition coefficient (Wildman–Crippen LogP) is 0.734. The molecule has 1 aliphatic heterocycles. The molecule has 7 nitrogen and oxygen atoms in total. The fourth-order valence-corrected chi connectivity index (χ4v) is 2.53. The first-order chi connectivity index (χ1) is 9.15.